The van der Waals surface area contributed by atoms with Crippen molar-refractivity contribution in [3.05, 3.63) is 29.8 Å². The highest BCUT2D eigenvalue weighted by atomic mass is 19.1. The van der Waals surface area contributed by atoms with Gasteiger partial charge >= 0.3 is 0 Å². The van der Waals surface area contributed by atoms with E-state index in [0.717, 1.165) is 31.5 Å². The van der Waals surface area contributed by atoms with Gasteiger partial charge in [0, 0.05) is 24.8 Å². The number of hydrogen-bond acceptors (Lipinski definition) is 3. The molecule has 0 bridgehead atoms. The van der Waals surface area contributed by atoms with Crippen LogP contribution < -0.4 is 5.73 Å². The maximum Gasteiger partial charge on any atom is 0.141 e. The van der Waals surface area contributed by atoms with Gasteiger partial charge in [0.05, 0.1) is 6.20 Å². The normalized spacial score (nSPS) is 19.0. The highest BCUT2D eigenvalue weighted by molar-refractivity contribution is 5.11. The number of nitrogens with zero attached hydrogens (tertiary/aromatic N) is 2. The first kappa shape index (κ1) is 15.4. The van der Waals surface area contributed by atoms with Crippen molar-refractivity contribution in [2.75, 3.05) is 13.1 Å². The van der Waals surface area contributed by atoms with Crippen LogP contribution in [-0.2, 0) is 6.54 Å². The average Bonchev–Trinajstić information content (AvgIpc) is 2.71. The van der Waals surface area contributed by atoms with E-state index in [2.05, 4.69) is 16.8 Å². The van der Waals surface area contributed by atoms with Gasteiger partial charge < -0.3 is 5.73 Å². The fourth-order valence-corrected chi connectivity index (χ4v) is 3.41. The number of rotatable bonds is 5. The first-order chi connectivity index (χ1) is 9.70. The Morgan fingerprint density at radius 1 is 1.25 bits per heavy atom. The van der Waals surface area contributed by atoms with Gasteiger partial charge in [0.2, 0.25) is 0 Å². The molecule has 0 atom stereocenters. The van der Waals surface area contributed by atoms with E-state index in [9.17, 15) is 4.39 Å². The minimum Gasteiger partial charge on any atom is -0.329 e. The molecule has 0 radical (unpaired) electrons. The molecular formula is C16H26FN3. The summed E-state index contributed by atoms with van der Waals surface area (Å²) < 4.78 is 13.3. The molecule has 112 valence electrons. The Kier molecular flexibility index (Phi) is 5.49. The lowest BCUT2D eigenvalue weighted by Gasteiger charge is -2.43. The number of pyridine rings is 1. The molecule has 1 aliphatic rings. The summed E-state index contributed by atoms with van der Waals surface area (Å²) in [6.07, 6.45) is 10.4. The summed E-state index contributed by atoms with van der Waals surface area (Å²) in [6, 6.07) is 1.58. The standard InChI is InChI=1S/C16H26FN3/c1-2-20(12-14-9-15(17)11-19-10-14)16(13-18)7-5-3-4-6-8-16/h9-11H,2-8,12-13,18H2,1H3. The van der Waals surface area contributed by atoms with E-state index < -0.39 is 0 Å². The van der Waals surface area contributed by atoms with E-state index in [4.69, 9.17) is 5.73 Å². The van der Waals surface area contributed by atoms with Crippen molar-refractivity contribution in [1.82, 2.24) is 9.88 Å². The van der Waals surface area contributed by atoms with Gasteiger partial charge in [0.15, 0.2) is 0 Å². The Morgan fingerprint density at radius 2 is 1.95 bits per heavy atom. The van der Waals surface area contributed by atoms with E-state index in [1.54, 1.807) is 12.3 Å². The maximum atomic E-state index is 13.3. The zero-order valence-electron chi connectivity index (χ0n) is 12.4. The molecule has 1 heterocycles. The van der Waals surface area contributed by atoms with Crippen LogP contribution in [0.4, 0.5) is 4.39 Å². The van der Waals surface area contributed by atoms with E-state index in [1.165, 1.54) is 31.9 Å². The molecule has 4 heteroatoms. The van der Waals surface area contributed by atoms with Gasteiger partial charge in [0.25, 0.3) is 0 Å². The first-order valence-electron chi connectivity index (χ1n) is 7.75. The lowest BCUT2D eigenvalue weighted by atomic mass is 9.87. The molecule has 3 nitrogen and oxygen atoms in total. The van der Waals surface area contributed by atoms with Crippen molar-refractivity contribution in [2.24, 2.45) is 5.73 Å². The Hall–Kier alpha value is -1.00. The van der Waals surface area contributed by atoms with Crippen LogP contribution in [0.3, 0.4) is 0 Å². The lowest BCUT2D eigenvalue weighted by molar-refractivity contribution is 0.0754. The van der Waals surface area contributed by atoms with Gasteiger partial charge in [-0.15, -0.1) is 0 Å². The first-order valence-corrected chi connectivity index (χ1v) is 7.75. The van der Waals surface area contributed by atoms with Crippen LogP contribution in [-0.4, -0.2) is 28.5 Å². The molecule has 1 saturated carbocycles. The zero-order chi connectivity index (χ0) is 14.4. The number of aromatic nitrogens is 1. The Morgan fingerprint density at radius 3 is 2.50 bits per heavy atom. The molecule has 0 unspecified atom stereocenters. The minimum absolute atomic E-state index is 0.0809. The number of hydrogen-bond donors (Lipinski definition) is 1. The van der Waals surface area contributed by atoms with Crippen LogP contribution in [0.2, 0.25) is 0 Å². The number of likely N-dealkylation sites (N-methyl/N-ethyl adjacent to an activating group) is 1. The second-order valence-corrected chi connectivity index (χ2v) is 5.87. The fourth-order valence-electron chi connectivity index (χ4n) is 3.41. The van der Waals surface area contributed by atoms with Crippen molar-refractivity contribution < 1.29 is 4.39 Å². The van der Waals surface area contributed by atoms with Gasteiger partial charge in [-0.2, -0.15) is 0 Å². The van der Waals surface area contributed by atoms with E-state index >= 15 is 0 Å². The third kappa shape index (κ3) is 3.55. The van der Waals surface area contributed by atoms with Gasteiger partial charge in [-0.05, 0) is 31.0 Å². The summed E-state index contributed by atoms with van der Waals surface area (Å²) in [5.74, 6) is -0.263. The van der Waals surface area contributed by atoms with Crippen LogP contribution >= 0.6 is 0 Å². The van der Waals surface area contributed by atoms with Gasteiger partial charge in [-0.25, -0.2) is 4.39 Å². The third-order valence-corrected chi connectivity index (χ3v) is 4.60. The van der Waals surface area contributed by atoms with E-state index in [1.807, 2.05) is 0 Å². The summed E-state index contributed by atoms with van der Waals surface area (Å²) in [5, 5.41) is 0. The molecule has 20 heavy (non-hydrogen) atoms. The molecule has 1 aliphatic carbocycles. The summed E-state index contributed by atoms with van der Waals surface area (Å²) in [6.45, 7) is 4.52. The summed E-state index contributed by atoms with van der Waals surface area (Å²) >= 11 is 0. The molecule has 0 saturated heterocycles. The summed E-state index contributed by atoms with van der Waals surface area (Å²) in [7, 11) is 0. The quantitative estimate of drug-likeness (QED) is 0.842. The fraction of sp³-hybridized carbons (Fsp3) is 0.688. The Balaban J connectivity index is 2.16. The minimum atomic E-state index is -0.263. The maximum absolute atomic E-state index is 13.3. The molecular weight excluding hydrogens is 253 g/mol. The number of nitrogens with two attached hydrogens (primary N) is 1. The van der Waals surface area contributed by atoms with Crippen molar-refractivity contribution in [2.45, 2.75) is 57.5 Å². The van der Waals surface area contributed by atoms with Gasteiger partial charge in [-0.3, -0.25) is 9.88 Å². The predicted molar refractivity (Wildman–Crippen MR) is 79.8 cm³/mol. The zero-order valence-corrected chi connectivity index (χ0v) is 12.4. The average molecular weight is 279 g/mol. The van der Waals surface area contributed by atoms with Gasteiger partial charge in [-0.1, -0.05) is 32.6 Å². The highest BCUT2D eigenvalue weighted by Gasteiger charge is 2.34. The molecule has 1 aromatic rings. The largest absolute Gasteiger partial charge is 0.329 e. The van der Waals surface area contributed by atoms with Crippen LogP contribution in [0.1, 0.15) is 51.0 Å². The van der Waals surface area contributed by atoms with Crippen LogP contribution in [0.15, 0.2) is 18.5 Å². The molecule has 0 amide bonds. The molecule has 0 aliphatic heterocycles. The predicted octanol–water partition coefficient (Wildman–Crippen LogP) is 3.09. The monoisotopic (exact) mass is 279 g/mol. The molecule has 0 spiro atoms. The van der Waals surface area contributed by atoms with Gasteiger partial charge in [0.1, 0.15) is 5.82 Å². The molecule has 1 fully saturated rings. The van der Waals surface area contributed by atoms with E-state index in [0.29, 0.717) is 6.54 Å². The molecule has 2 N–H and O–H groups in total. The van der Waals surface area contributed by atoms with Crippen LogP contribution in [0, 0.1) is 5.82 Å². The number of halogens is 1. The smallest absolute Gasteiger partial charge is 0.141 e. The lowest BCUT2D eigenvalue weighted by Crippen LogP contribution is -2.53. The third-order valence-electron chi connectivity index (χ3n) is 4.60. The topological polar surface area (TPSA) is 42.2 Å². The Labute approximate surface area is 121 Å². The molecule has 0 aromatic carbocycles. The van der Waals surface area contributed by atoms with Crippen molar-refractivity contribution in [1.29, 1.82) is 0 Å². The molecule has 1 aromatic heterocycles. The second kappa shape index (κ2) is 7.14. The summed E-state index contributed by atoms with van der Waals surface area (Å²) in [4.78, 5) is 6.38. The van der Waals surface area contributed by atoms with Crippen LogP contribution in [0.25, 0.3) is 0 Å². The SMILES string of the molecule is CCN(Cc1cncc(F)c1)C1(CN)CCCCCC1. The van der Waals surface area contributed by atoms with Crippen molar-refractivity contribution in [3.8, 4) is 0 Å². The van der Waals surface area contributed by atoms with E-state index in [-0.39, 0.29) is 11.4 Å². The van der Waals surface area contributed by atoms with Crippen LogP contribution in [0.5, 0.6) is 0 Å². The Bertz CT molecular complexity index is 414. The van der Waals surface area contributed by atoms with Crippen molar-refractivity contribution in [3.63, 3.8) is 0 Å². The highest BCUT2D eigenvalue weighted by Crippen LogP contribution is 2.32. The van der Waals surface area contributed by atoms with Crippen molar-refractivity contribution >= 4 is 0 Å². The second-order valence-electron chi connectivity index (χ2n) is 5.87. The molecule has 2 rings (SSSR count). The summed E-state index contributed by atoms with van der Waals surface area (Å²) in [5.41, 5.74) is 7.15.